The third kappa shape index (κ3) is 9.30. The van der Waals surface area contributed by atoms with E-state index in [0.29, 0.717) is 38.6 Å². The second kappa shape index (κ2) is 14.8. The van der Waals surface area contributed by atoms with E-state index in [9.17, 15) is 19.5 Å². The minimum absolute atomic E-state index is 0.0286. The van der Waals surface area contributed by atoms with Gasteiger partial charge in [-0.2, -0.15) is 0 Å². The van der Waals surface area contributed by atoms with E-state index in [4.69, 9.17) is 4.74 Å². The summed E-state index contributed by atoms with van der Waals surface area (Å²) >= 11 is 0. The van der Waals surface area contributed by atoms with Gasteiger partial charge in [-0.25, -0.2) is 0 Å². The zero-order valence-corrected chi connectivity index (χ0v) is 20.7. The summed E-state index contributed by atoms with van der Waals surface area (Å²) in [6, 6.07) is 18.9. The van der Waals surface area contributed by atoms with Gasteiger partial charge < -0.3 is 20.1 Å². The number of cyclic esters (lactones) is 1. The lowest BCUT2D eigenvalue weighted by molar-refractivity contribution is -0.145. The van der Waals surface area contributed by atoms with E-state index in [1.807, 2.05) is 72.8 Å². The summed E-state index contributed by atoms with van der Waals surface area (Å²) < 4.78 is 5.46. The fourth-order valence-electron chi connectivity index (χ4n) is 4.22. The average molecular weight is 493 g/mol. The Morgan fingerprint density at radius 2 is 1.69 bits per heavy atom. The molecule has 36 heavy (non-hydrogen) atoms. The highest BCUT2D eigenvalue weighted by Crippen LogP contribution is 2.17. The Labute approximate surface area is 213 Å². The number of benzene rings is 2. The summed E-state index contributed by atoms with van der Waals surface area (Å²) in [5.41, 5.74) is 1.98. The van der Waals surface area contributed by atoms with Crippen molar-refractivity contribution in [3.05, 3.63) is 83.9 Å². The van der Waals surface area contributed by atoms with Gasteiger partial charge in [-0.05, 0) is 36.8 Å². The van der Waals surface area contributed by atoms with Gasteiger partial charge in [-0.3, -0.25) is 14.4 Å². The van der Waals surface area contributed by atoms with Crippen LogP contribution >= 0.6 is 0 Å². The Kier molecular flexibility index (Phi) is 11.2. The molecule has 7 heteroatoms. The number of amides is 2. The fraction of sp³-hybridized carbons (Fsp3) is 0.414. The van der Waals surface area contributed by atoms with Gasteiger partial charge in [0.05, 0.1) is 18.6 Å². The van der Waals surface area contributed by atoms with Gasteiger partial charge in [0, 0.05) is 25.9 Å². The molecule has 0 spiro atoms. The van der Waals surface area contributed by atoms with Crippen LogP contribution in [0.2, 0.25) is 0 Å². The number of allylic oxidation sites excluding steroid dienone is 2. The maximum atomic E-state index is 13.4. The number of nitrogens with zero attached hydrogens (tertiary/aromatic N) is 1. The highest BCUT2D eigenvalue weighted by molar-refractivity contribution is 5.86. The first-order valence-corrected chi connectivity index (χ1v) is 12.6. The van der Waals surface area contributed by atoms with Gasteiger partial charge in [-0.15, -0.1) is 0 Å². The number of carbonyl (C=O) groups excluding carboxylic acids is 3. The maximum absolute atomic E-state index is 13.4. The second-order valence-electron chi connectivity index (χ2n) is 9.10. The van der Waals surface area contributed by atoms with Crippen LogP contribution in [-0.4, -0.2) is 53.6 Å². The number of hydrogen-bond donors (Lipinski definition) is 2. The van der Waals surface area contributed by atoms with E-state index in [0.717, 1.165) is 11.1 Å². The number of nitrogens with one attached hydrogen (secondary N) is 1. The zero-order chi connectivity index (χ0) is 25.6. The van der Waals surface area contributed by atoms with E-state index in [2.05, 4.69) is 5.32 Å². The third-order valence-corrected chi connectivity index (χ3v) is 6.19. The molecule has 3 rings (SSSR count). The van der Waals surface area contributed by atoms with Crippen molar-refractivity contribution in [1.29, 1.82) is 0 Å². The molecule has 1 aliphatic rings. The largest absolute Gasteiger partial charge is 0.463 e. The Morgan fingerprint density at radius 1 is 1.00 bits per heavy atom. The van der Waals surface area contributed by atoms with Crippen LogP contribution in [0.1, 0.15) is 43.2 Å². The van der Waals surface area contributed by atoms with Crippen LogP contribution in [-0.2, 0) is 32.1 Å². The van der Waals surface area contributed by atoms with Crippen molar-refractivity contribution in [3.8, 4) is 0 Å². The van der Waals surface area contributed by atoms with Gasteiger partial charge in [0.1, 0.15) is 6.61 Å². The molecule has 0 saturated heterocycles. The first-order valence-electron chi connectivity index (χ1n) is 12.6. The van der Waals surface area contributed by atoms with E-state index in [1.54, 1.807) is 4.90 Å². The molecule has 0 unspecified atom stereocenters. The van der Waals surface area contributed by atoms with Crippen molar-refractivity contribution in [3.63, 3.8) is 0 Å². The number of aliphatic hydroxyl groups excluding tert-OH is 1. The molecule has 2 atom stereocenters. The number of rotatable bonds is 8. The van der Waals surface area contributed by atoms with Gasteiger partial charge in [0.25, 0.3) is 0 Å². The number of esters is 1. The van der Waals surface area contributed by atoms with Crippen molar-refractivity contribution >= 4 is 17.8 Å². The molecule has 192 valence electrons. The molecular formula is C29H36N2O5. The van der Waals surface area contributed by atoms with E-state index >= 15 is 0 Å². The SMILES string of the molecule is O=C1CCC/C=C/C[C@H](CC(=O)N(CCO)Cc2ccccc2)C(=O)N[C@@H](Cc2ccccc2)CO1. The number of hydrogen-bond acceptors (Lipinski definition) is 5. The maximum Gasteiger partial charge on any atom is 0.305 e. The summed E-state index contributed by atoms with van der Waals surface area (Å²) in [4.78, 5) is 40.3. The fourth-order valence-corrected chi connectivity index (χ4v) is 4.22. The third-order valence-electron chi connectivity index (χ3n) is 6.19. The molecule has 2 amide bonds. The van der Waals surface area contributed by atoms with Gasteiger partial charge in [0.2, 0.25) is 11.8 Å². The van der Waals surface area contributed by atoms with Crippen LogP contribution in [0.5, 0.6) is 0 Å². The predicted octanol–water partition coefficient (Wildman–Crippen LogP) is 3.41. The number of aliphatic hydroxyl groups is 1. The molecule has 0 aromatic heterocycles. The van der Waals surface area contributed by atoms with Crippen LogP contribution in [0.4, 0.5) is 0 Å². The summed E-state index contributed by atoms with van der Waals surface area (Å²) in [5, 5.41) is 12.6. The topological polar surface area (TPSA) is 95.9 Å². The molecule has 1 aliphatic heterocycles. The number of carbonyl (C=O) groups is 3. The molecule has 2 aromatic rings. The standard InChI is InChI=1S/C29H36N2O5/c32-18-17-31(21-24-13-7-4-8-14-24)27(33)20-25-15-9-1-2-10-16-28(34)36-22-26(30-29(25)35)19-23-11-5-3-6-12-23/h1,3-9,11-14,25-26,32H,2,10,15-22H2,(H,30,35)/b9-1+/t25-,26+/m1/s1. The van der Waals surface area contributed by atoms with E-state index in [1.165, 1.54) is 0 Å². The molecule has 0 fully saturated rings. The minimum Gasteiger partial charge on any atom is -0.463 e. The van der Waals surface area contributed by atoms with Crippen molar-refractivity contribution in [2.24, 2.45) is 5.92 Å². The first-order chi connectivity index (χ1) is 17.5. The van der Waals surface area contributed by atoms with Crippen molar-refractivity contribution in [2.45, 2.75) is 51.1 Å². The number of ether oxygens (including phenoxy) is 1. The molecule has 0 saturated carbocycles. The lowest BCUT2D eigenvalue weighted by atomic mass is 9.97. The second-order valence-corrected chi connectivity index (χ2v) is 9.10. The summed E-state index contributed by atoms with van der Waals surface area (Å²) in [6.07, 6.45) is 6.53. The molecular weight excluding hydrogens is 456 g/mol. The van der Waals surface area contributed by atoms with Crippen molar-refractivity contribution < 1.29 is 24.2 Å². The van der Waals surface area contributed by atoms with Crippen LogP contribution in [0.25, 0.3) is 0 Å². The molecule has 0 bridgehead atoms. The Bertz CT molecular complexity index is 993. The summed E-state index contributed by atoms with van der Waals surface area (Å²) in [7, 11) is 0. The average Bonchev–Trinajstić information content (AvgIpc) is 2.90. The first kappa shape index (κ1) is 27.1. The quantitative estimate of drug-likeness (QED) is 0.435. The lowest BCUT2D eigenvalue weighted by Gasteiger charge is -2.26. The highest BCUT2D eigenvalue weighted by atomic mass is 16.5. The predicted molar refractivity (Wildman–Crippen MR) is 138 cm³/mol. The van der Waals surface area contributed by atoms with Crippen LogP contribution < -0.4 is 5.32 Å². The highest BCUT2D eigenvalue weighted by Gasteiger charge is 2.27. The molecule has 2 aromatic carbocycles. The Balaban J connectivity index is 1.74. The van der Waals surface area contributed by atoms with E-state index in [-0.39, 0.29) is 44.0 Å². The lowest BCUT2D eigenvalue weighted by Crippen LogP contribution is -2.44. The molecule has 0 radical (unpaired) electrons. The van der Waals surface area contributed by atoms with Crippen molar-refractivity contribution in [1.82, 2.24) is 10.2 Å². The van der Waals surface area contributed by atoms with Gasteiger partial charge in [-0.1, -0.05) is 72.8 Å². The summed E-state index contributed by atoms with van der Waals surface area (Å²) in [6.45, 7) is 0.500. The van der Waals surface area contributed by atoms with Crippen LogP contribution in [0.3, 0.4) is 0 Å². The zero-order valence-electron chi connectivity index (χ0n) is 20.7. The Morgan fingerprint density at radius 3 is 2.39 bits per heavy atom. The molecule has 0 aliphatic carbocycles. The molecule has 2 N–H and O–H groups in total. The monoisotopic (exact) mass is 492 g/mol. The molecule has 1 heterocycles. The smallest absolute Gasteiger partial charge is 0.305 e. The van der Waals surface area contributed by atoms with E-state index < -0.39 is 12.0 Å². The van der Waals surface area contributed by atoms with Crippen molar-refractivity contribution in [2.75, 3.05) is 19.8 Å². The summed E-state index contributed by atoms with van der Waals surface area (Å²) in [5.74, 6) is -1.27. The van der Waals surface area contributed by atoms with Crippen LogP contribution in [0, 0.1) is 5.92 Å². The normalized spacial score (nSPS) is 20.1. The van der Waals surface area contributed by atoms with Gasteiger partial charge in [0.15, 0.2) is 0 Å². The molecule has 7 nitrogen and oxygen atoms in total. The van der Waals surface area contributed by atoms with Gasteiger partial charge >= 0.3 is 5.97 Å². The van der Waals surface area contributed by atoms with Crippen LogP contribution in [0.15, 0.2) is 72.8 Å². The minimum atomic E-state index is -0.569. The Hall–Kier alpha value is -3.45.